The molecule has 2 aliphatic heterocycles. The molecule has 6 rings (SSSR count). The van der Waals surface area contributed by atoms with Gasteiger partial charge >= 0.3 is 0 Å². The van der Waals surface area contributed by atoms with Gasteiger partial charge in [0.05, 0.1) is 21.2 Å². The molecule has 0 amide bonds. The normalized spacial score (nSPS) is 22.0. The molecule has 7 heteroatoms. The van der Waals surface area contributed by atoms with Crippen LogP contribution in [0, 0.1) is 13.8 Å². The van der Waals surface area contributed by atoms with Crippen molar-refractivity contribution in [3.05, 3.63) is 126 Å². The zero-order valence-electron chi connectivity index (χ0n) is 18.7. The second-order valence-electron chi connectivity index (χ2n) is 8.79. The number of fused-ring (bicyclic) bond motifs is 6. The molecule has 35 heavy (non-hydrogen) atoms. The summed E-state index contributed by atoms with van der Waals surface area (Å²) < 4.78 is 20.5. The van der Waals surface area contributed by atoms with Crippen LogP contribution in [0.4, 0.5) is 0 Å². The molecule has 2 atom stereocenters. The van der Waals surface area contributed by atoms with Crippen molar-refractivity contribution in [2.24, 2.45) is 0 Å². The quantitative estimate of drug-likeness (QED) is 0.253. The standard InChI is InChI=1S/C28H18Cl4O3/c1-15-3-9-25-21(11-15)27(19-7-5-17(29)13-23(19)31)34-26-10-4-16(2)12-22(26)28(33-25,35-27)20-8-6-18(30)14-24(20)32/h3-14H,1-2H3/t27-,28-/m1/s1. The molecule has 2 aliphatic rings. The van der Waals surface area contributed by atoms with Gasteiger partial charge in [0.15, 0.2) is 0 Å². The molecule has 0 saturated heterocycles. The average Bonchev–Trinajstić information content (AvgIpc) is 2.80. The Bertz CT molecular complexity index is 1410. The lowest BCUT2D eigenvalue weighted by atomic mass is 9.86. The molecule has 2 heterocycles. The predicted octanol–water partition coefficient (Wildman–Crippen LogP) is 8.82. The van der Waals surface area contributed by atoms with E-state index in [0.29, 0.717) is 53.8 Å². The molecular weight excluding hydrogens is 526 g/mol. The minimum atomic E-state index is -1.44. The maximum atomic E-state index is 6.97. The Labute approximate surface area is 223 Å². The Morgan fingerprint density at radius 2 is 0.943 bits per heavy atom. The van der Waals surface area contributed by atoms with Crippen LogP contribution in [-0.4, -0.2) is 0 Å². The van der Waals surface area contributed by atoms with Gasteiger partial charge in [-0.2, -0.15) is 0 Å². The van der Waals surface area contributed by atoms with E-state index in [1.54, 1.807) is 24.3 Å². The lowest BCUT2D eigenvalue weighted by Gasteiger charge is -2.52. The van der Waals surface area contributed by atoms with Crippen molar-refractivity contribution in [3.8, 4) is 11.5 Å². The smallest absolute Gasteiger partial charge is 0.273 e. The van der Waals surface area contributed by atoms with E-state index in [1.165, 1.54) is 0 Å². The molecule has 0 unspecified atom stereocenters. The van der Waals surface area contributed by atoms with Crippen LogP contribution in [0.3, 0.4) is 0 Å². The third-order valence-electron chi connectivity index (χ3n) is 6.35. The van der Waals surface area contributed by atoms with E-state index >= 15 is 0 Å². The van der Waals surface area contributed by atoms with Gasteiger partial charge in [-0.1, -0.05) is 69.7 Å². The van der Waals surface area contributed by atoms with Crippen molar-refractivity contribution >= 4 is 46.4 Å². The van der Waals surface area contributed by atoms with Crippen LogP contribution in [0.15, 0.2) is 72.8 Å². The second-order valence-corrected chi connectivity index (χ2v) is 10.5. The Morgan fingerprint density at radius 1 is 0.514 bits per heavy atom. The highest BCUT2D eigenvalue weighted by Gasteiger charge is 2.61. The number of aryl methyl sites for hydroxylation is 2. The van der Waals surface area contributed by atoms with E-state index in [0.717, 1.165) is 11.1 Å². The molecule has 0 spiro atoms. The molecule has 0 saturated carbocycles. The SMILES string of the molecule is Cc1ccc2c(c1)[C@]1(c3ccc(Cl)cc3Cl)Oc3ccc(C)cc3[C@](c3ccc(Cl)cc3Cl)(O2)O1. The van der Waals surface area contributed by atoms with E-state index in [2.05, 4.69) is 0 Å². The van der Waals surface area contributed by atoms with Gasteiger partial charge in [-0.3, -0.25) is 4.74 Å². The Balaban J connectivity index is 1.75. The molecule has 0 aliphatic carbocycles. The highest BCUT2D eigenvalue weighted by Crippen LogP contribution is 2.60. The molecular formula is C28H18Cl4O3. The maximum absolute atomic E-state index is 6.97. The summed E-state index contributed by atoms with van der Waals surface area (Å²) in [7, 11) is 0. The van der Waals surface area contributed by atoms with E-state index < -0.39 is 11.6 Å². The highest BCUT2D eigenvalue weighted by atomic mass is 35.5. The van der Waals surface area contributed by atoms with Crippen LogP contribution in [0.25, 0.3) is 0 Å². The van der Waals surface area contributed by atoms with E-state index in [-0.39, 0.29) is 0 Å². The van der Waals surface area contributed by atoms with Gasteiger partial charge in [0.2, 0.25) is 0 Å². The van der Waals surface area contributed by atoms with Gasteiger partial charge in [0.25, 0.3) is 11.6 Å². The number of ether oxygens (including phenoxy) is 3. The topological polar surface area (TPSA) is 27.7 Å². The first-order valence-corrected chi connectivity index (χ1v) is 12.4. The first-order chi connectivity index (χ1) is 16.7. The summed E-state index contributed by atoms with van der Waals surface area (Å²) in [5.41, 5.74) is 4.59. The molecule has 4 aromatic rings. The monoisotopic (exact) mass is 542 g/mol. The molecule has 2 bridgehead atoms. The molecule has 3 nitrogen and oxygen atoms in total. The van der Waals surface area contributed by atoms with Crippen LogP contribution < -0.4 is 9.47 Å². The predicted molar refractivity (Wildman–Crippen MR) is 139 cm³/mol. The van der Waals surface area contributed by atoms with Gasteiger partial charge in [-0.05, 0) is 74.5 Å². The van der Waals surface area contributed by atoms with Crippen molar-refractivity contribution in [1.82, 2.24) is 0 Å². The van der Waals surface area contributed by atoms with Gasteiger partial charge < -0.3 is 9.47 Å². The molecule has 4 aromatic carbocycles. The van der Waals surface area contributed by atoms with Crippen molar-refractivity contribution in [2.75, 3.05) is 0 Å². The van der Waals surface area contributed by atoms with Gasteiger partial charge in [0.1, 0.15) is 11.5 Å². The number of hydrogen-bond acceptors (Lipinski definition) is 3. The number of benzene rings is 4. The zero-order valence-corrected chi connectivity index (χ0v) is 21.7. The van der Waals surface area contributed by atoms with E-state index in [9.17, 15) is 0 Å². The number of hydrogen-bond donors (Lipinski definition) is 0. The molecule has 0 aromatic heterocycles. The van der Waals surface area contributed by atoms with Crippen LogP contribution >= 0.6 is 46.4 Å². The summed E-state index contributed by atoms with van der Waals surface area (Å²) in [5.74, 6) is -1.70. The zero-order chi connectivity index (χ0) is 24.5. The maximum Gasteiger partial charge on any atom is 0.273 e. The fourth-order valence-electron chi connectivity index (χ4n) is 4.78. The van der Waals surface area contributed by atoms with Crippen LogP contribution in [0.5, 0.6) is 11.5 Å². The van der Waals surface area contributed by atoms with Crippen LogP contribution in [-0.2, 0) is 16.3 Å². The first-order valence-electron chi connectivity index (χ1n) is 10.9. The Hall–Kier alpha value is -2.40. The van der Waals surface area contributed by atoms with E-state index in [4.69, 9.17) is 60.6 Å². The van der Waals surface area contributed by atoms with Gasteiger partial charge in [-0.25, -0.2) is 0 Å². The van der Waals surface area contributed by atoms with Crippen LogP contribution in [0.2, 0.25) is 20.1 Å². The van der Waals surface area contributed by atoms with Gasteiger partial charge in [-0.15, -0.1) is 0 Å². The Morgan fingerprint density at radius 3 is 1.34 bits per heavy atom. The van der Waals surface area contributed by atoms with Gasteiger partial charge in [0, 0.05) is 21.2 Å². The molecule has 176 valence electrons. The molecule has 0 radical (unpaired) electrons. The summed E-state index contributed by atoms with van der Waals surface area (Å²) in [6.45, 7) is 3.99. The minimum absolute atomic E-state index is 0.401. The van der Waals surface area contributed by atoms with Crippen molar-refractivity contribution < 1.29 is 14.2 Å². The summed E-state index contributed by atoms with van der Waals surface area (Å²) in [6.07, 6.45) is 0. The summed E-state index contributed by atoms with van der Waals surface area (Å²) in [4.78, 5) is 0. The minimum Gasteiger partial charge on any atom is -0.453 e. The van der Waals surface area contributed by atoms with Crippen molar-refractivity contribution in [3.63, 3.8) is 0 Å². The highest BCUT2D eigenvalue weighted by molar-refractivity contribution is 6.35. The molecule has 0 fully saturated rings. The first kappa shape index (κ1) is 23.0. The molecule has 0 N–H and O–H groups in total. The van der Waals surface area contributed by atoms with Crippen LogP contribution in [0.1, 0.15) is 33.4 Å². The van der Waals surface area contributed by atoms with E-state index in [1.807, 2.05) is 62.4 Å². The third-order valence-corrected chi connectivity index (χ3v) is 7.44. The summed E-state index contributed by atoms with van der Waals surface area (Å²) in [6, 6.07) is 22.2. The third kappa shape index (κ3) is 3.45. The lowest BCUT2D eigenvalue weighted by molar-refractivity contribution is -0.322. The lowest BCUT2D eigenvalue weighted by Crippen LogP contribution is -2.56. The fraction of sp³-hybridized carbons (Fsp3) is 0.143. The summed E-state index contributed by atoms with van der Waals surface area (Å²) >= 11 is 26.1. The van der Waals surface area contributed by atoms with Crippen molar-refractivity contribution in [1.29, 1.82) is 0 Å². The average molecular weight is 544 g/mol. The number of rotatable bonds is 2. The second kappa shape index (κ2) is 8.06. The number of halogens is 4. The fourth-order valence-corrected chi connectivity index (χ4v) is 5.84. The largest absolute Gasteiger partial charge is 0.453 e. The Kier molecular flexibility index (Phi) is 5.30. The summed E-state index contributed by atoms with van der Waals surface area (Å²) in [5, 5.41) is 1.81. The van der Waals surface area contributed by atoms with Crippen molar-refractivity contribution in [2.45, 2.75) is 25.4 Å².